The zero-order valence-electron chi connectivity index (χ0n) is 15.0. The van der Waals surface area contributed by atoms with Crippen LogP contribution >= 0.6 is 0 Å². The molecule has 1 amide bonds. The van der Waals surface area contributed by atoms with E-state index < -0.39 is 0 Å². The van der Waals surface area contributed by atoms with E-state index >= 15 is 0 Å². The first kappa shape index (κ1) is 18.2. The lowest BCUT2D eigenvalue weighted by atomic mass is 10.1. The number of imidazole rings is 1. The maximum Gasteiger partial charge on any atom is 0.262 e. The second-order valence-electron chi connectivity index (χ2n) is 5.76. The van der Waals surface area contributed by atoms with Crippen LogP contribution in [0.2, 0.25) is 0 Å². The molecule has 3 aromatic rings. The number of anilines is 1. The Morgan fingerprint density at radius 1 is 1.07 bits per heavy atom. The van der Waals surface area contributed by atoms with Crippen molar-refractivity contribution < 1.29 is 19.1 Å². The van der Waals surface area contributed by atoms with Crippen molar-refractivity contribution in [2.45, 2.75) is 0 Å². The van der Waals surface area contributed by atoms with Gasteiger partial charge in [-0.05, 0) is 36.4 Å². The summed E-state index contributed by atoms with van der Waals surface area (Å²) >= 11 is 0. The van der Waals surface area contributed by atoms with Crippen LogP contribution in [-0.4, -0.2) is 35.0 Å². The van der Waals surface area contributed by atoms with E-state index in [1.165, 1.54) is 7.11 Å². The van der Waals surface area contributed by atoms with Crippen molar-refractivity contribution >= 4 is 17.4 Å². The lowest BCUT2D eigenvalue weighted by Gasteiger charge is -2.10. The average Bonchev–Trinajstić information content (AvgIpc) is 3.12. The van der Waals surface area contributed by atoms with Crippen molar-refractivity contribution in [2.75, 3.05) is 19.0 Å². The Morgan fingerprint density at radius 3 is 2.41 bits per heavy atom. The molecular weight excluding hydrogens is 346 g/mol. The highest BCUT2D eigenvalue weighted by Crippen LogP contribution is 2.25. The van der Waals surface area contributed by atoms with Crippen LogP contribution in [0.1, 0.15) is 16.2 Å². The third kappa shape index (κ3) is 4.33. The quantitative estimate of drug-likeness (QED) is 0.651. The van der Waals surface area contributed by atoms with Crippen molar-refractivity contribution in [3.05, 3.63) is 72.3 Å². The van der Waals surface area contributed by atoms with Gasteiger partial charge in [-0.2, -0.15) is 0 Å². The maximum absolute atomic E-state index is 12.4. The zero-order valence-corrected chi connectivity index (χ0v) is 15.0. The lowest BCUT2D eigenvalue weighted by molar-refractivity contribution is -0.118. The Kier molecular flexibility index (Phi) is 5.51. The largest absolute Gasteiger partial charge is 0.493 e. The number of ketones is 1. The summed E-state index contributed by atoms with van der Waals surface area (Å²) in [6, 6.07) is 13.7. The molecule has 138 valence electrons. The number of carbonyl (C=O) groups excluding carboxylic acids is 2. The van der Waals surface area contributed by atoms with Crippen LogP contribution in [-0.2, 0) is 11.8 Å². The molecule has 27 heavy (non-hydrogen) atoms. The predicted molar refractivity (Wildman–Crippen MR) is 100 cm³/mol. The van der Waals surface area contributed by atoms with E-state index in [1.807, 2.05) is 6.07 Å². The monoisotopic (exact) mass is 365 g/mol. The van der Waals surface area contributed by atoms with Crippen molar-refractivity contribution in [1.82, 2.24) is 9.55 Å². The molecule has 0 aliphatic heterocycles. The number of para-hydroxylation sites is 2. The van der Waals surface area contributed by atoms with Gasteiger partial charge in [-0.15, -0.1) is 0 Å². The van der Waals surface area contributed by atoms with Gasteiger partial charge in [-0.25, -0.2) is 4.98 Å². The minimum atomic E-state index is -0.316. The highest BCUT2D eigenvalue weighted by Gasteiger charge is 2.14. The first-order valence-electron chi connectivity index (χ1n) is 8.26. The first-order valence-corrected chi connectivity index (χ1v) is 8.26. The fourth-order valence-corrected chi connectivity index (χ4v) is 2.50. The number of nitrogens with one attached hydrogen (secondary N) is 1. The molecule has 1 heterocycles. The third-order valence-electron chi connectivity index (χ3n) is 3.88. The summed E-state index contributed by atoms with van der Waals surface area (Å²) in [5, 5.41) is 2.73. The zero-order chi connectivity index (χ0) is 19.2. The summed E-state index contributed by atoms with van der Waals surface area (Å²) in [5.74, 6) is 0.912. The van der Waals surface area contributed by atoms with Crippen molar-refractivity contribution in [3.8, 4) is 11.5 Å². The van der Waals surface area contributed by atoms with Crippen LogP contribution in [0.3, 0.4) is 0 Å². The molecule has 0 fully saturated rings. The van der Waals surface area contributed by atoms with E-state index in [0.717, 1.165) is 0 Å². The molecule has 7 nitrogen and oxygen atoms in total. The Bertz CT molecular complexity index is 948. The maximum atomic E-state index is 12.4. The van der Waals surface area contributed by atoms with Gasteiger partial charge in [0.2, 0.25) is 5.78 Å². The standard InChI is InChI=1S/C20H19N3O4/c1-23-12-11-21-20(23)19(25)14-7-9-15(10-8-14)22-18(24)13-27-17-6-4-3-5-16(17)26-2/h3-12H,13H2,1-2H3,(H,22,24). The second-order valence-corrected chi connectivity index (χ2v) is 5.76. The van der Waals surface area contributed by atoms with Crippen molar-refractivity contribution in [2.24, 2.45) is 7.05 Å². The topological polar surface area (TPSA) is 82.4 Å². The molecule has 0 saturated heterocycles. The fraction of sp³-hybridized carbons (Fsp3) is 0.150. The highest BCUT2D eigenvalue weighted by molar-refractivity contribution is 6.07. The predicted octanol–water partition coefficient (Wildman–Crippen LogP) is 2.68. The van der Waals surface area contributed by atoms with Gasteiger partial charge in [0.1, 0.15) is 0 Å². The summed E-state index contributed by atoms with van der Waals surface area (Å²) in [6.07, 6.45) is 3.28. The van der Waals surface area contributed by atoms with Crippen LogP contribution in [0.4, 0.5) is 5.69 Å². The highest BCUT2D eigenvalue weighted by atomic mass is 16.5. The van der Waals surface area contributed by atoms with Crippen molar-refractivity contribution in [1.29, 1.82) is 0 Å². The van der Waals surface area contributed by atoms with Gasteiger partial charge in [-0.3, -0.25) is 9.59 Å². The van der Waals surface area contributed by atoms with E-state index in [9.17, 15) is 9.59 Å². The fourth-order valence-electron chi connectivity index (χ4n) is 2.50. The Balaban J connectivity index is 1.59. The number of carbonyl (C=O) groups is 2. The number of benzene rings is 2. The Hall–Kier alpha value is -3.61. The number of methoxy groups -OCH3 is 1. The van der Waals surface area contributed by atoms with E-state index in [-0.39, 0.29) is 18.3 Å². The number of nitrogens with zero attached hydrogens (tertiary/aromatic N) is 2. The minimum Gasteiger partial charge on any atom is -0.493 e. The van der Waals surface area contributed by atoms with Gasteiger partial charge in [0.25, 0.3) is 5.91 Å². The lowest BCUT2D eigenvalue weighted by Crippen LogP contribution is -2.20. The van der Waals surface area contributed by atoms with Crippen molar-refractivity contribution in [3.63, 3.8) is 0 Å². The molecule has 0 saturated carbocycles. The van der Waals surface area contributed by atoms with Crippen LogP contribution in [0.5, 0.6) is 11.5 Å². The molecule has 0 radical (unpaired) electrons. The summed E-state index contributed by atoms with van der Waals surface area (Å²) in [4.78, 5) is 28.5. The van der Waals surface area contributed by atoms with Gasteiger partial charge < -0.3 is 19.4 Å². The molecule has 2 aromatic carbocycles. The number of aromatic nitrogens is 2. The summed E-state index contributed by atoms with van der Waals surface area (Å²) in [5.41, 5.74) is 1.06. The molecule has 0 spiro atoms. The minimum absolute atomic E-state index is 0.158. The van der Waals surface area contributed by atoms with E-state index in [1.54, 1.807) is 66.5 Å². The number of aryl methyl sites for hydroxylation is 1. The number of rotatable bonds is 7. The Labute approximate surface area is 156 Å². The smallest absolute Gasteiger partial charge is 0.262 e. The van der Waals surface area contributed by atoms with E-state index in [0.29, 0.717) is 28.6 Å². The van der Waals surface area contributed by atoms with Gasteiger partial charge in [0.05, 0.1) is 7.11 Å². The van der Waals surface area contributed by atoms with Crippen LogP contribution in [0, 0.1) is 0 Å². The van der Waals surface area contributed by atoms with Crippen LogP contribution < -0.4 is 14.8 Å². The molecule has 0 aliphatic rings. The van der Waals surface area contributed by atoms with Crippen LogP contribution in [0.15, 0.2) is 60.9 Å². The molecule has 7 heteroatoms. The third-order valence-corrected chi connectivity index (χ3v) is 3.88. The van der Waals surface area contributed by atoms with Crippen LogP contribution in [0.25, 0.3) is 0 Å². The van der Waals surface area contributed by atoms with Gasteiger partial charge in [-0.1, -0.05) is 12.1 Å². The molecule has 1 aromatic heterocycles. The second kappa shape index (κ2) is 8.18. The van der Waals surface area contributed by atoms with E-state index in [2.05, 4.69) is 10.3 Å². The normalized spacial score (nSPS) is 10.3. The molecule has 0 bridgehead atoms. The molecule has 0 atom stereocenters. The number of hydrogen-bond donors (Lipinski definition) is 1. The Morgan fingerprint density at radius 2 is 1.78 bits per heavy atom. The molecule has 3 rings (SSSR count). The van der Waals surface area contributed by atoms with Gasteiger partial charge >= 0.3 is 0 Å². The molecule has 0 unspecified atom stereocenters. The number of hydrogen-bond acceptors (Lipinski definition) is 5. The van der Waals surface area contributed by atoms with E-state index in [4.69, 9.17) is 9.47 Å². The average molecular weight is 365 g/mol. The SMILES string of the molecule is COc1ccccc1OCC(=O)Nc1ccc(C(=O)c2nccn2C)cc1. The summed E-state index contributed by atoms with van der Waals surface area (Å²) in [7, 11) is 3.30. The number of ether oxygens (including phenoxy) is 2. The molecule has 1 N–H and O–H groups in total. The van der Waals surface area contributed by atoms with Gasteiger partial charge in [0.15, 0.2) is 23.9 Å². The molecular formula is C20H19N3O4. The molecule has 0 aliphatic carbocycles. The summed E-state index contributed by atoms with van der Waals surface area (Å²) in [6.45, 7) is -0.158. The first-order chi connectivity index (χ1) is 13.1. The van der Waals surface area contributed by atoms with Gasteiger partial charge in [0, 0.05) is 30.7 Å². The summed E-state index contributed by atoms with van der Waals surface area (Å²) < 4.78 is 12.3. The number of amides is 1.